The van der Waals surface area contributed by atoms with Gasteiger partial charge in [-0.25, -0.2) is 0 Å². The number of amides is 1. The molecule has 0 spiro atoms. The Morgan fingerprint density at radius 3 is 3.20 bits per heavy atom. The van der Waals surface area contributed by atoms with Gasteiger partial charge in [-0.3, -0.25) is 4.79 Å². The maximum atomic E-state index is 10.9. The molecule has 0 aliphatic carbocycles. The van der Waals surface area contributed by atoms with Crippen molar-refractivity contribution < 1.29 is 4.79 Å². The van der Waals surface area contributed by atoms with Crippen LogP contribution in [0.3, 0.4) is 0 Å². The second-order valence-corrected chi connectivity index (χ2v) is 3.65. The Bertz CT molecular complexity index is 327. The fourth-order valence-corrected chi connectivity index (χ4v) is 1.63. The summed E-state index contributed by atoms with van der Waals surface area (Å²) in [5.41, 5.74) is 0.918. The SMILES string of the molecule is O=C1CCC(CNCc2cccnn2)N1. The second-order valence-electron chi connectivity index (χ2n) is 3.65. The average Bonchev–Trinajstić information content (AvgIpc) is 2.66. The van der Waals surface area contributed by atoms with Gasteiger partial charge in [0.05, 0.1) is 5.69 Å². The summed E-state index contributed by atoms with van der Waals surface area (Å²) in [5.74, 6) is 0.154. The van der Waals surface area contributed by atoms with Crippen LogP contribution in [0.25, 0.3) is 0 Å². The molecule has 1 aliphatic rings. The van der Waals surface area contributed by atoms with E-state index in [1.54, 1.807) is 6.20 Å². The average molecular weight is 206 g/mol. The minimum absolute atomic E-state index is 0.154. The molecule has 1 aromatic rings. The fourth-order valence-electron chi connectivity index (χ4n) is 1.63. The van der Waals surface area contributed by atoms with E-state index < -0.39 is 0 Å². The van der Waals surface area contributed by atoms with E-state index in [9.17, 15) is 4.79 Å². The minimum atomic E-state index is 0.154. The van der Waals surface area contributed by atoms with E-state index in [1.165, 1.54) is 0 Å². The van der Waals surface area contributed by atoms with Crippen LogP contribution in [-0.2, 0) is 11.3 Å². The van der Waals surface area contributed by atoms with Crippen molar-refractivity contribution in [3.8, 4) is 0 Å². The molecule has 1 amide bonds. The first-order valence-electron chi connectivity index (χ1n) is 5.11. The lowest BCUT2D eigenvalue weighted by Gasteiger charge is -2.10. The van der Waals surface area contributed by atoms with Gasteiger partial charge in [0.15, 0.2) is 0 Å². The Morgan fingerprint density at radius 1 is 1.60 bits per heavy atom. The summed E-state index contributed by atoms with van der Waals surface area (Å²) < 4.78 is 0. The fraction of sp³-hybridized carbons (Fsp3) is 0.500. The van der Waals surface area contributed by atoms with E-state index in [1.807, 2.05) is 12.1 Å². The molecule has 2 rings (SSSR count). The molecular formula is C10H14N4O. The zero-order valence-corrected chi connectivity index (χ0v) is 8.44. The topological polar surface area (TPSA) is 66.9 Å². The third-order valence-corrected chi connectivity index (χ3v) is 2.41. The summed E-state index contributed by atoms with van der Waals surface area (Å²) in [6, 6.07) is 4.06. The van der Waals surface area contributed by atoms with E-state index in [-0.39, 0.29) is 11.9 Å². The van der Waals surface area contributed by atoms with Gasteiger partial charge in [0, 0.05) is 31.7 Å². The molecule has 0 aromatic carbocycles. The monoisotopic (exact) mass is 206 g/mol. The molecule has 1 saturated heterocycles. The lowest BCUT2D eigenvalue weighted by molar-refractivity contribution is -0.119. The summed E-state index contributed by atoms with van der Waals surface area (Å²) in [6.45, 7) is 1.49. The first-order chi connectivity index (χ1) is 7.34. The molecular weight excluding hydrogens is 192 g/mol. The number of rotatable bonds is 4. The normalized spacial score (nSPS) is 20.3. The summed E-state index contributed by atoms with van der Waals surface area (Å²) in [4.78, 5) is 10.9. The van der Waals surface area contributed by atoms with Gasteiger partial charge >= 0.3 is 0 Å². The van der Waals surface area contributed by atoms with E-state index in [0.717, 1.165) is 18.7 Å². The predicted molar refractivity (Wildman–Crippen MR) is 54.9 cm³/mol. The maximum absolute atomic E-state index is 10.9. The second kappa shape index (κ2) is 4.84. The number of hydrogen-bond donors (Lipinski definition) is 2. The minimum Gasteiger partial charge on any atom is -0.352 e. The van der Waals surface area contributed by atoms with E-state index in [2.05, 4.69) is 20.8 Å². The molecule has 80 valence electrons. The molecule has 1 aromatic heterocycles. The van der Waals surface area contributed by atoms with Crippen molar-refractivity contribution in [2.24, 2.45) is 0 Å². The van der Waals surface area contributed by atoms with Crippen molar-refractivity contribution in [3.63, 3.8) is 0 Å². The largest absolute Gasteiger partial charge is 0.352 e. The molecule has 1 fully saturated rings. The number of nitrogens with one attached hydrogen (secondary N) is 2. The molecule has 5 heteroatoms. The quantitative estimate of drug-likeness (QED) is 0.718. The lowest BCUT2D eigenvalue weighted by Crippen LogP contribution is -2.35. The Hall–Kier alpha value is -1.49. The maximum Gasteiger partial charge on any atom is 0.220 e. The Balaban J connectivity index is 1.69. The van der Waals surface area contributed by atoms with Gasteiger partial charge in [0.2, 0.25) is 5.91 Å². The van der Waals surface area contributed by atoms with Gasteiger partial charge in [-0.2, -0.15) is 10.2 Å². The summed E-state index contributed by atoms with van der Waals surface area (Å²) in [6.07, 6.45) is 3.23. The Labute approximate surface area is 88.3 Å². The molecule has 5 nitrogen and oxygen atoms in total. The van der Waals surface area contributed by atoms with Crippen molar-refractivity contribution in [2.75, 3.05) is 6.54 Å². The van der Waals surface area contributed by atoms with Gasteiger partial charge in [-0.05, 0) is 18.6 Å². The predicted octanol–water partition coefficient (Wildman–Crippen LogP) is -0.155. The number of hydrogen-bond acceptors (Lipinski definition) is 4. The first-order valence-corrected chi connectivity index (χ1v) is 5.11. The zero-order valence-electron chi connectivity index (χ0n) is 8.44. The van der Waals surface area contributed by atoms with Crippen LogP contribution in [0.5, 0.6) is 0 Å². The Kier molecular flexibility index (Phi) is 3.24. The molecule has 15 heavy (non-hydrogen) atoms. The standard InChI is InChI=1S/C10H14N4O/c15-10-4-3-8(13-10)6-11-7-9-2-1-5-12-14-9/h1-2,5,8,11H,3-4,6-7H2,(H,13,15). The van der Waals surface area contributed by atoms with Crippen LogP contribution < -0.4 is 10.6 Å². The number of aromatic nitrogens is 2. The highest BCUT2D eigenvalue weighted by Gasteiger charge is 2.19. The highest BCUT2D eigenvalue weighted by molar-refractivity contribution is 5.78. The lowest BCUT2D eigenvalue weighted by atomic mass is 10.2. The summed E-state index contributed by atoms with van der Waals surface area (Å²) in [5, 5.41) is 13.9. The molecule has 2 N–H and O–H groups in total. The zero-order chi connectivity index (χ0) is 10.5. The van der Waals surface area contributed by atoms with Gasteiger partial charge in [0.1, 0.15) is 0 Å². The molecule has 0 radical (unpaired) electrons. The molecule has 1 aliphatic heterocycles. The van der Waals surface area contributed by atoms with Crippen molar-refractivity contribution in [3.05, 3.63) is 24.0 Å². The number of carbonyl (C=O) groups is 1. The van der Waals surface area contributed by atoms with Gasteiger partial charge in [0.25, 0.3) is 0 Å². The van der Waals surface area contributed by atoms with Gasteiger partial charge in [-0.1, -0.05) is 0 Å². The number of nitrogens with zero attached hydrogens (tertiary/aromatic N) is 2. The van der Waals surface area contributed by atoms with Crippen LogP contribution in [0.15, 0.2) is 18.3 Å². The summed E-state index contributed by atoms with van der Waals surface area (Å²) in [7, 11) is 0. The molecule has 1 atom stereocenters. The molecule has 1 unspecified atom stereocenters. The van der Waals surface area contributed by atoms with Gasteiger partial charge in [-0.15, -0.1) is 0 Å². The van der Waals surface area contributed by atoms with Crippen molar-refractivity contribution in [1.82, 2.24) is 20.8 Å². The third kappa shape index (κ3) is 2.99. The smallest absolute Gasteiger partial charge is 0.220 e. The van der Waals surface area contributed by atoms with Crippen LogP contribution in [0, 0.1) is 0 Å². The van der Waals surface area contributed by atoms with Crippen LogP contribution in [-0.4, -0.2) is 28.7 Å². The van der Waals surface area contributed by atoms with E-state index >= 15 is 0 Å². The van der Waals surface area contributed by atoms with Crippen molar-refractivity contribution in [1.29, 1.82) is 0 Å². The molecule has 0 saturated carbocycles. The van der Waals surface area contributed by atoms with Crippen LogP contribution in [0.4, 0.5) is 0 Å². The van der Waals surface area contributed by atoms with Crippen molar-refractivity contribution in [2.45, 2.75) is 25.4 Å². The van der Waals surface area contributed by atoms with Crippen LogP contribution in [0.2, 0.25) is 0 Å². The first kappa shape index (κ1) is 10.0. The number of carbonyl (C=O) groups excluding carboxylic acids is 1. The van der Waals surface area contributed by atoms with Gasteiger partial charge < -0.3 is 10.6 Å². The van der Waals surface area contributed by atoms with Crippen molar-refractivity contribution >= 4 is 5.91 Å². The summed E-state index contributed by atoms with van der Waals surface area (Å²) >= 11 is 0. The molecule has 0 bridgehead atoms. The highest BCUT2D eigenvalue weighted by atomic mass is 16.1. The van der Waals surface area contributed by atoms with E-state index in [4.69, 9.17) is 0 Å². The van der Waals surface area contributed by atoms with Crippen LogP contribution in [0.1, 0.15) is 18.5 Å². The highest BCUT2D eigenvalue weighted by Crippen LogP contribution is 2.05. The van der Waals surface area contributed by atoms with Crippen LogP contribution >= 0.6 is 0 Å². The third-order valence-electron chi connectivity index (χ3n) is 2.41. The van der Waals surface area contributed by atoms with E-state index in [0.29, 0.717) is 13.0 Å². The molecule has 2 heterocycles. The Morgan fingerprint density at radius 2 is 2.53 bits per heavy atom.